The van der Waals surface area contributed by atoms with Crippen LogP contribution >= 0.6 is 0 Å². The van der Waals surface area contributed by atoms with Gasteiger partial charge in [0.1, 0.15) is 0 Å². The maximum atomic E-state index is 11.4. The van der Waals surface area contributed by atoms with Crippen molar-refractivity contribution in [2.45, 2.75) is 13.3 Å². The zero-order chi connectivity index (χ0) is 11.5. The molecule has 82 valence electrons. The third-order valence-corrected chi connectivity index (χ3v) is 2.19. The summed E-state index contributed by atoms with van der Waals surface area (Å²) in [5.41, 5.74) is -0.0158. The molecule has 0 fully saturated rings. The highest BCUT2D eigenvalue weighted by atomic mass is 16.5. The Hall–Kier alpha value is -2.17. The van der Waals surface area contributed by atoms with Crippen molar-refractivity contribution >= 4 is 0 Å². The summed E-state index contributed by atoms with van der Waals surface area (Å²) in [6.45, 7) is 1.70. The Balaban J connectivity index is 2.57. The molecule has 0 aliphatic carbocycles. The second-order valence-electron chi connectivity index (χ2n) is 3.23. The molecule has 0 unspecified atom stereocenters. The average Bonchev–Trinajstić information content (AvgIpc) is 2.30. The molecule has 0 aliphatic rings. The second-order valence-corrected chi connectivity index (χ2v) is 3.23. The predicted octanol–water partition coefficient (Wildman–Crippen LogP) is 0.898. The van der Waals surface area contributed by atoms with Crippen LogP contribution < -0.4 is 10.5 Å². The van der Waals surface area contributed by atoms with Crippen molar-refractivity contribution in [3.05, 3.63) is 51.7 Å². The van der Waals surface area contributed by atoms with Gasteiger partial charge < -0.3 is 9.62 Å². The molecule has 0 atom stereocenters. The highest BCUT2D eigenvalue weighted by Gasteiger charge is 2.16. The Morgan fingerprint density at radius 1 is 1.38 bits per heavy atom. The van der Waals surface area contributed by atoms with E-state index < -0.39 is 5.63 Å². The highest BCUT2D eigenvalue weighted by molar-refractivity contribution is 5.51. The minimum absolute atomic E-state index is 0.0136. The standard InChI is InChI=1S/C11H10N2O3/c1-2-9-11(14)16-10(12-13(9)15)8-6-4-3-5-7-8/h3-7H,2H2,1H3. The van der Waals surface area contributed by atoms with Gasteiger partial charge in [-0.15, -0.1) is 0 Å². The lowest BCUT2D eigenvalue weighted by atomic mass is 10.2. The predicted molar refractivity (Wildman–Crippen MR) is 56.5 cm³/mol. The van der Waals surface area contributed by atoms with Crippen molar-refractivity contribution in [3.8, 4) is 11.5 Å². The lowest BCUT2D eigenvalue weighted by Crippen LogP contribution is -2.41. The topological polar surface area (TPSA) is 70.0 Å². The summed E-state index contributed by atoms with van der Waals surface area (Å²) in [6, 6.07) is 8.82. The fourth-order valence-electron chi connectivity index (χ4n) is 1.37. The van der Waals surface area contributed by atoms with Gasteiger partial charge >= 0.3 is 11.3 Å². The first kappa shape index (κ1) is 10.4. The molecular weight excluding hydrogens is 208 g/mol. The SMILES string of the molecule is CCc1c(=O)oc(-c2ccccc2)n[n+]1[O-]. The fraction of sp³-hybridized carbons (Fsp3) is 0.182. The minimum atomic E-state index is -0.633. The molecule has 0 aliphatic heterocycles. The Labute approximate surface area is 91.6 Å². The second kappa shape index (κ2) is 4.14. The van der Waals surface area contributed by atoms with E-state index in [4.69, 9.17) is 4.42 Å². The summed E-state index contributed by atoms with van der Waals surface area (Å²) < 4.78 is 4.98. The largest absolute Gasteiger partial charge is 0.594 e. The first-order valence-electron chi connectivity index (χ1n) is 4.91. The van der Waals surface area contributed by atoms with Crippen molar-refractivity contribution < 1.29 is 9.26 Å². The molecule has 5 nitrogen and oxygen atoms in total. The van der Waals surface area contributed by atoms with E-state index in [2.05, 4.69) is 5.10 Å². The number of hydrogen-bond donors (Lipinski definition) is 0. The molecule has 5 heteroatoms. The summed E-state index contributed by atoms with van der Waals surface area (Å²) in [7, 11) is 0. The Bertz CT molecular complexity index is 549. The van der Waals surface area contributed by atoms with Crippen LogP contribution in [0, 0.1) is 5.21 Å². The number of hydrogen-bond acceptors (Lipinski definition) is 4. The van der Waals surface area contributed by atoms with E-state index in [9.17, 15) is 10.0 Å². The third kappa shape index (κ3) is 1.79. The quantitative estimate of drug-likeness (QED) is 0.554. The summed E-state index contributed by atoms with van der Waals surface area (Å²) in [5, 5.41) is 15.1. The van der Waals surface area contributed by atoms with Gasteiger partial charge in [0.15, 0.2) is 0 Å². The molecule has 1 aromatic carbocycles. The van der Waals surface area contributed by atoms with E-state index in [1.165, 1.54) is 0 Å². The van der Waals surface area contributed by atoms with Crippen LogP contribution in [0.5, 0.6) is 0 Å². The van der Waals surface area contributed by atoms with Gasteiger partial charge in [-0.1, -0.05) is 25.1 Å². The van der Waals surface area contributed by atoms with Crippen LogP contribution in [0.3, 0.4) is 0 Å². The lowest BCUT2D eigenvalue weighted by molar-refractivity contribution is -0.679. The summed E-state index contributed by atoms with van der Waals surface area (Å²) in [6.07, 6.45) is 0.300. The summed E-state index contributed by atoms with van der Waals surface area (Å²) in [5.74, 6) is 0.0396. The number of nitrogens with zero attached hydrogens (tertiary/aromatic N) is 2. The van der Waals surface area contributed by atoms with E-state index >= 15 is 0 Å². The van der Waals surface area contributed by atoms with Crippen LogP contribution in [0.4, 0.5) is 0 Å². The minimum Gasteiger partial charge on any atom is -0.594 e. The van der Waals surface area contributed by atoms with E-state index in [1.807, 2.05) is 6.07 Å². The van der Waals surface area contributed by atoms with E-state index in [1.54, 1.807) is 31.2 Å². The van der Waals surface area contributed by atoms with Crippen LogP contribution in [0.25, 0.3) is 11.5 Å². The van der Waals surface area contributed by atoms with Crippen molar-refractivity contribution in [3.63, 3.8) is 0 Å². The zero-order valence-corrected chi connectivity index (χ0v) is 8.71. The molecule has 1 aromatic heterocycles. The number of rotatable bonds is 2. The molecule has 0 amide bonds. The fourth-order valence-corrected chi connectivity index (χ4v) is 1.37. The van der Waals surface area contributed by atoms with Crippen LogP contribution in [-0.4, -0.2) is 5.10 Å². The Morgan fingerprint density at radius 3 is 2.62 bits per heavy atom. The van der Waals surface area contributed by atoms with Crippen molar-refractivity contribution in [1.82, 2.24) is 5.10 Å². The monoisotopic (exact) mass is 218 g/mol. The first-order chi connectivity index (χ1) is 7.72. The average molecular weight is 218 g/mol. The molecule has 1 heterocycles. The van der Waals surface area contributed by atoms with E-state index in [0.717, 1.165) is 0 Å². The Kier molecular flexibility index (Phi) is 2.68. The molecule has 0 bridgehead atoms. The van der Waals surface area contributed by atoms with Gasteiger partial charge in [0, 0.05) is 12.0 Å². The van der Waals surface area contributed by atoms with Gasteiger partial charge in [0.25, 0.3) is 5.89 Å². The normalized spacial score (nSPS) is 10.3. The molecule has 0 radical (unpaired) electrons. The lowest BCUT2D eigenvalue weighted by Gasteiger charge is -2.00. The molecule has 0 saturated heterocycles. The van der Waals surface area contributed by atoms with Crippen molar-refractivity contribution in [1.29, 1.82) is 0 Å². The zero-order valence-electron chi connectivity index (χ0n) is 8.71. The maximum absolute atomic E-state index is 11.4. The first-order valence-corrected chi connectivity index (χ1v) is 4.91. The molecular formula is C11H10N2O3. The molecule has 0 N–H and O–H groups in total. The van der Waals surface area contributed by atoms with Gasteiger partial charge in [-0.25, -0.2) is 4.79 Å². The molecule has 16 heavy (non-hydrogen) atoms. The smallest absolute Gasteiger partial charge is 0.409 e. The van der Waals surface area contributed by atoms with Crippen molar-refractivity contribution in [2.75, 3.05) is 0 Å². The molecule has 0 saturated carbocycles. The van der Waals surface area contributed by atoms with Crippen molar-refractivity contribution in [2.24, 2.45) is 0 Å². The molecule has 0 spiro atoms. The number of benzene rings is 1. The number of aromatic nitrogens is 2. The van der Waals surface area contributed by atoms with E-state index in [0.29, 0.717) is 16.8 Å². The molecule has 2 rings (SSSR count). The summed E-state index contributed by atoms with van der Waals surface area (Å²) >= 11 is 0. The van der Waals surface area contributed by atoms with Gasteiger partial charge in [0.05, 0.1) is 5.10 Å². The van der Waals surface area contributed by atoms with Gasteiger partial charge in [0.2, 0.25) is 0 Å². The van der Waals surface area contributed by atoms with Crippen LogP contribution in [-0.2, 0) is 6.42 Å². The maximum Gasteiger partial charge on any atom is 0.409 e. The Morgan fingerprint density at radius 2 is 2.06 bits per heavy atom. The summed E-state index contributed by atoms with van der Waals surface area (Å²) in [4.78, 5) is 11.8. The van der Waals surface area contributed by atoms with Gasteiger partial charge in [-0.2, -0.15) is 0 Å². The van der Waals surface area contributed by atoms with Crippen LogP contribution in [0.15, 0.2) is 39.5 Å². The van der Waals surface area contributed by atoms with E-state index in [-0.39, 0.29) is 11.6 Å². The molecule has 2 aromatic rings. The third-order valence-electron chi connectivity index (χ3n) is 2.19. The highest BCUT2D eigenvalue weighted by Crippen LogP contribution is 2.12. The van der Waals surface area contributed by atoms with Crippen LogP contribution in [0.2, 0.25) is 0 Å². The van der Waals surface area contributed by atoms with Crippen LogP contribution in [0.1, 0.15) is 12.6 Å². The van der Waals surface area contributed by atoms with Gasteiger partial charge in [-0.05, 0) is 17.0 Å². The van der Waals surface area contributed by atoms with Gasteiger partial charge in [-0.3, -0.25) is 0 Å².